The smallest absolute Gasteiger partial charge is 0.224 e. The van der Waals surface area contributed by atoms with Crippen LogP contribution in [0.25, 0.3) is 0 Å². The molecule has 0 aromatic carbocycles. The highest BCUT2D eigenvalue weighted by atomic mass is 32.1. The number of carbonyl (C=O) groups is 1. The van der Waals surface area contributed by atoms with Crippen molar-refractivity contribution in [3.05, 3.63) is 21.9 Å². The molecular formula is C13H20N2OS. The Kier molecular flexibility index (Phi) is 3.54. The Morgan fingerprint density at radius 3 is 2.94 bits per heavy atom. The molecule has 1 saturated heterocycles. The second-order valence-electron chi connectivity index (χ2n) is 5.25. The molecule has 17 heavy (non-hydrogen) atoms. The summed E-state index contributed by atoms with van der Waals surface area (Å²) in [4.78, 5) is 16.5. The molecule has 0 spiro atoms. The molecule has 1 aromatic heterocycles. The van der Waals surface area contributed by atoms with Gasteiger partial charge in [0, 0.05) is 22.8 Å². The van der Waals surface area contributed by atoms with Gasteiger partial charge in [-0.05, 0) is 45.4 Å². The third kappa shape index (κ3) is 2.87. The second-order valence-corrected chi connectivity index (χ2v) is 6.62. The molecule has 0 bridgehead atoms. The molecule has 1 aliphatic heterocycles. The Morgan fingerprint density at radius 1 is 1.59 bits per heavy atom. The van der Waals surface area contributed by atoms with E-state index in [1.54, 1.807) is 0 Å². The number of primary amides is 1. The number of thiophene rings is 1. The minimum Gasteiger partial charge on any atom is -0.369 e. The van der Waals surface area contributed by atoms with Crippen molar-refractivity contribution in [1.82, 2.24) is 4.90 Å². The van der Waals surface area contributed by atoms with Crippen molar-refractivity contribution >= 4 is 17.2 Å². The number of rotatable bonds is 3. The fourth-order valence-corrected chi connectivity index (χ4v) is 3.40. The Bertz CT molecular complexity index is 415. The van der Waals surface area contributed by atoms with Crippen LogP contribution in [-0.2, 0) is 11.3 Å². The molecule has 94 valence electrons. The van der Waals surface area contributed by atoms with Crippen LogP contribution in [0.2, 0.25) is 0 Å². The van der Waals surface area contributed by atoms with E-state index in [9.17, 15) is 4.79 Å². The number of nitrogens with two attached hydrogens (primary N) is 1. The van der Waals surface area contributed by atoms with Crippen LogP contribution in [0.5, 0.6) is 0 Å². The third-order valence-electron chi connectivity index (χ3n) is 3.55. The van der Waals surface area contributed by atoms with Crippen molar-refractivity contribution in [2.45, 2.75) is 33.2 Å². The van der Waals surface area contributed by atoms with Crippen molar-refractivity contribution in [3.63, 3.8) is 0 Å². The lowest BCUT2D eigenvalue weighted by atomic mass is 9.81. The Hall–Kier alpha value is -0.870. The molecule has 1 aliphatic rings. The van der Waals surface area contributed by atoms with Gasteiger partial charge in [-0.3, -0.25) is 9.69 Å². The van der Waals surface area contributed by atoms with Crippen LogP contribution < -0.4 is 5.73 Å². The van der Waals surface area contributed by atoms with Gasteiger partial charge in [0.25, 0.3) is 0 Å². The van der Waals surface area contributed by atoms with Gasteiger partial charge in [0.05, 0.1) is 5.41 Å². The number of aryl methyl sites for hydroxylation is 1. The monoisotopic (exact) mass is 252 g/mol. The average molecular weight is 252 g/mol. The van der Waals surface area contributed by atoms with Gasteiger partial charge in [-0.15, -0.1) is 11.3 Å². The number of amides is 1. The Balaban J connectivity index is 2.00. The molecule has 0 radical (unpaired) electrons. The van der Waals surface area contributed by atoms with Crippen LogP contribution in [-0.4, -0.2) is 23.9 Å². The third-order valence-corrected chi connectivity index (χ3v) is 4.53. The highest BCUT2D eigenvalue weighted by molar-refractivity contribution is 7.11. The highest BCUT2D eigenvalue weighted by Gasteiger charge is 2.36. The van der Waals surface area contributed by atoms with Gasteiger partial charge in [0.1, 0.15) is 0 Å². The number of nitrogens with zero attached hydrogens (tertiary/aromatic N) is 1. The normalized spacial score (nSPS) is 26.0. The van der Waals surface area contributed by atoms with E-state index >= 15 is 0 Å². The van der Waals surface area contributed by atoms with E-state index in [0.29, 0.717) is 0 Å². The molecular weight excluding hydrogens is 232 g/mol. The summed E-state index contributed by atoms with van der Waals surface area (Å²) in [7, 11) is 0. The Morgan fingerprint density at radius 2 is 2.35 bits per heavy atom. The number of hydrogen-bond acceptors (Lipinski definition) is 3. The number of piperidine rings is 1. The molecule has 2 heterocycles. The summed E-state index contributed by atoms with van der Waals surface area (Å²) >= 11 is 1.83. The zero-order valence-electron chi connectivity index (χ0n) is 10.5. The summed E-state index contributed by atoms with van der Waals surface area (Å²) in [5.41, 5.74) is 5.16. The quantitative estimate of drug-likeness (QED) is 0.896. The van der Waals surface area contributed by atoms with Gasteiger partial charge in [-0.1, -0.05) is 0 Å². The summed E-state index contributed by atoms with van der Waals surface area (Å²) < 4.78 is 0. The summed E-state index contributed by atoms with van der Waals surface area (Å²) in [5, 5.41) is 0. The molecule has 1 aromatic rings. The number of hydrogen-bond donors (Lipinski definition) is 1. The van der Waals surface area contributed by atoms with E-state index in [1.165, 1.54) is 9.75 Å². The highest BCUT2D eigenvalue weighted by Crippen LogP contribution is 2.30. The van der Waals surface area contributed by atoms with E-state index in [0.717, 1.165) is 32.5 Å². The average Bonchev–Trinajstić information content (AvgIpc) is 2.64. The molecule has 0 aliphatic carbocycles. The SMILES string of the molecule is Cc1ccc(CN2CCCC(C)(C(N)=O)C2)s1. The zero-order chi connectivity index (χ0) is 12.5. The van der Waals surface area contributed by atoms with Gasteiger partial charge >= 0.3 is 0 Å². The molecule has 0 saturated carbocycles. The van der Waals surface area contributed by atoms with E-state index < -0.39 is 0 Å². The van der Waals surface area contributed by atoms with E-state index in [4.69, 9.17) is 5.73 Å². The van der Waals surface area contributed by atoms with Crippen molar-refractivity contribution in [3.8, 4) is 0 Å². The Labute approximate surface area is 107 Å². The minimum absolute atomic E-state index is 0.162. The van der Waals surface area contributed by atoms with Crippen LogP contribution in [0, 0.1) is 12.3 Å². The minimum atomic E-state index is -0.343. The molecule has 4 heteroatoms. The maximum atomic E-state index is 11.5. The molecule has 3 nitrogen and oxygen atoms in total. The van der Waals surface area contributed by atoms with Crippen molar-refractivity contribution in [1.29, 1.82) is 0 Å². The van der Waals surface area contributed by atoms with Gasteiger partial charge in [-0.2, -0.15) is 0 Å². The lowest BCUT2D eigenvalue weighted by Crippen LogP contribution is -2.48. The number of carbonyl (C=O) groups excluding carboxylic acids is 1. The summed E-state index contributed by atoms with van der Waals surface area (Å²) in [6.07, 6.45) is 1.98. The summed E-state index contributed by atoms with van der Waals surface area (Å²) in [5.74, 6) is -0.162. The fourth-order valence-electron chi connectivity index (χ4n) is 2.47. The fraction of sp³-hybridized carbons (Fsp3) is 0.615. The van der Waals surface area contributed by atoms with Crippen LogP contribution >= 0.6 is 11.3 Å². The van der Waals surface area contributed by atoms with Gasteiger partial charge < -0.3 is 5.73 Å². The van der Waals surface area contributed by atoms with Crippen molar-refractivity contribution in [2.24, 2.45) is 11.1 Å². The topological polar surface area (TPSA) is 46.3 Å². The second kappa shape index (κ2) is 4.78. The predicted octanol–water partition coefficient (Wildman–Crippen LogP) is 2.14. The van der Waals surface area contributed by atoms with E-state index in [-0.39, 0.29) is 11.3 Å². The molecule has 1 amide bonds. The first kappa shape index (κ1) is 12.6. The summed E-state index contributed by atoms with van der Waals surface area (Å²) in [6.45, 7) is 6.92. The van der Waals surface area contributed by atoms with E-state index in [1.807, 2.05) is 18.3 Å². The standard InChI is InChI=1S/C13H20N2OS/c1-10-4-5-11(17-10)8-15-7-3-6-13(2,9-15)12(14)16/h4-5H,3,6-9H2,1-2H3,(H2,14,16). The lowest BCUT2D eigenvalue weighted by molar-refractivity contribution is -0.129. The van der Waals surface area contributed by atoms with Gasteiger partial charge in [0.2, 0.25) is 5.91 Å². The largest absolute Gasteiger partial charge is 0.369 e. The molecule has 1 unspecified atom stereocenters. The van der Waals surface area contributed by atoms with Crippen LogP contribution in [0.4, 0.5) is 0 Å². The van der Waals surface area contributed by atoms with Crippen LogP contribution in [0.15, 0.2) is 12.1 Å². The van der Waals surface area contributed by atoms with Gasteiger partial charge in [-0.25, -0.2) is 0 Å². The van der Waals surface area contributed by atoms with Crippen LogP contribution in [0.1, 0.15) is 29.5 Å². The van der Waals surface area contributed by atoms with Crippen LogP contribution in [0.3, 0.4) is 0 Å². The van der Waals surface area contributed by atoms with Crippen molar-refractivity contribution in [2.75, 3.05) is 13.1 Å². The predicted molar refractivity (Wildman–Crippen MR) is 70.9 cm³/mol. The first-order chi connectivity index (χ1) is 7.99. The number of likely N-dealkylation sites (tertiary alicyclic amines) is 1. The van der Waals surface area contributed by atoms with Gasteiger partial charge in [0.15, 0.2) is 0 Å². The lowest BCUT2D eigenvalue weighted by Gasteiger charge is -2.38. The maximum Gasteiger partial charge on any atom is 0.224 e. The first-order valence-electron chi connectivity index (χ1n) is 6.07. The molecule has 1 atom stereocenters. The maximum absolute atomic E-state index is 11.5. The summed E-state index contributed by atoms with van der Waals surface area (Å²) in [6, 6.07) is 4.33. The molecule has 1 fully saturated rings. The van der Waals surface area contributed by atoms with E-state index in [2.05, 4.69) is 24.0 Å². The molecule has 2 rings (SSSR count). The van der Waals surface area contributed by atoms with Crippen molar-refractivity contribution < 1.29 is 4.79 Å². The first-order valence-corrected chi connectivity index (χ1v) is 6.89. The zero-order valence-corrected chi connectivity index (χ0v) is 11.3. The molecule has 2 N–H and O–H groups in total.